The lowest BCUT2D eigenvalue weighted by atomic mass is 10.0. The predicted octanol–water partition coefficient (Wildman–Crippen LogP) is 3.16. The van der Waals surface area contributed by atoms with Gasteiger partial charge in [0, 0.05) is 25.5 Å². The van der Waals surface area contributed by atoms with Crippen molar-refractivity contribution >= 4 is 0 Å². The standard InChI is InChI=1S/C17H21N3/c1-3-7-15(8-4-1)17(16-9-11-18-12-10-16)19-20-13-5-2-6-14-20/h1,3-4,7-12,17,19H,2,5-6,13-14H2. The number of pyridine rings is 1. The molecule has 1 aromatic heterocycles. The van der Waals surface area contributed by atoms with Crippen LogP contribution in [0, 0.1) is 0 Å². The van der Waals surface area contributed by atoms with E-state index in [-0.39, 0.29) is 6.04 Å². The smallest absolute Gasteiger partial charge is 0.0715 e. The van der Waals surface area contributed by atoms with E-state index in [2.05, 4.69) is 57.9 Å². The van der Waals surface area contributed by atoms with Crippen LogP contribution in [0.2, 0.25) is 0 Å². The fourth-order valence-electron chi connectivity index (χ4n) is 2.75. The first kappa shape index (κ1) is 13.3. The second kappa shape index (κ2) is 6.64. The molecule has 3 heteroatoms. The zero-order valence-corrected chi connectivity index (χ0v) is 11.7. The van der Waals surface area contributed by atoms with Gasteiger partial charge < -0.3 is 0 Å². The average molecular weight is 267 g/mol. The molecule has 1 saturated heterocycles. The van der Waals surface area contributed by atoms with Crippen LogP contribution in [0.5, 0.6) is 0 Å². The highest BCUT2D eigenvalue weighted by molar-refractivity contribution is 5.30. The van der Waals surface area contributed by atoms with E-state index in [0.29, 0.717) is 0 Å². The number of hydrazine groups is 1. The molecule has 1 aliphatic heterocycles. The summed E-state index contributed by atoms with van der Waals surface area (Å²) in [5.74, 6) is 0. The van der Waals surface area contributed by atoms with Gasteiger partial charge in [0.15, 0.2) is 0 Å². The van der Waals surface area contributed by atoms with Gasteiger partial charge in [-0.2, -0.15) is 0 Å². The highest BCUT2D eigenvalue weighted by Crippen LogP contribution is 2.22. The molecule has 1 aliphatic rings. The Labute approximate surface area is 120 Å². The van der Waals surface area contributed by atoms with Crippen LogP contribution < -0.4 is 5.43 Å². The minimum absolute atomic E-state index is 0.206. The highest BCUT2D eigenvalue weighted by Gasteiger charge is 2.18. The normalized spacial score (nSPS) is 17.8. The van der Waals surface area contributed by atoms with Gasteiger partial charge in [-0.05, 0) is 36.1 Å². The van der Waals surface area contributed by atoms with E-state index < -0.39 is 0 Å². The number of benzene rings is 1. The minimum atomic E-state index is 0.206. The van der Waals surface area contributed by atoms with Gasteiger partial charge in [0.1, 0.15) is 0 Å². The Kier molecular flexibility index (Phi) is 4.41. The summed E-state index contributed by atoms with van der Waals surface area (Å²) in [6.07, 6.45) is 7.64. The zero-order valence-electron chi connectivity index (χ0n) is 11.7. The van der Waals surface area contributed by atoms with E-state index in [9.17, 15) is 0 Å². The van der Waals surface area contributed by atoms with Gasteiger partial charge in [-0.25, -0.2) is 10.4 Å². The molecule has 0 aliphatic carbocycles. The van der Waals surface area contributed by atoms with Gasteiger partial charge in [0.25, 0.3) is 0 Å². The SMILES string of the molecule is c1ccc(C(NN2CCCCC2)c2ccncc2)cc1. The van der Waals surface area contributed by atoms with Gasteiger partial charge in [0.2, 0.25) is 0 Å². The minimum Gasteiger partial charge on any atom is -0.265 e. The van der Waals surface area contributed by atoms with Crippen LogP contribution in [0.3, 0.4) is 0 Å². The van der Waals surface area contributed by atoms with E-state index in [1.54, 1.807) is 0 Å². The first-order chi connectivity index (χ1) is 9.93. The Hall–Kier alpha value is -1.71. The first-order valence-corrected chi connectivity index (χ1v) is 7.39. The summed E-state index contributed by atoms with van der Waals surface area (Å²) in [6.45, 7) is 2.27. The van der Waals surface area contributed by atoms with Crippen LogP contribution >= 0.6 is 0 Å². The Balaban J connectivity index is 1.83. The fraction of sp³-hybridized carbons (Fsp3) is 0.353. The van der Waals surface area contributed by atoms with Crippen molar-refractivity contribution in [2.75, 3.05) is 13.1 Å². The molecule has 1 fully saturated rings. The monoisotopic (exact) mass is 267 g/mol. The summed E-state index contributed by atoms with van der Waals surface area (Å²) in [7, 11) is 0. The maximum Gasteiger partial charge on any atom is 0.0715 e. The number of nitrogens with zero attached hydrogens (tertiary/aromatic N) is 2. The molecule has 3 nitrogen and oxygen atoms in total. The van der Waals surface area contributed by atoms with Crippen LogP contribution in [-0.4, -0.2) is 23.1 Å². The third kappa shape index (κ3) is 3.24. The summed E-state index contributed by atoms with van der Waals surface area (Å²) < 4.78 is 0. The molecule has 104 valence electrons. The maximum absolute atomic E-state index is 4.13. The van der Waals surface area contributed by atoms with Crippen LogP contribution in [-0.2, 0) is 0 Å². The van der Waals surface area contributed by atoms with Gasteiger partial charge in [-0.1, -0.05) is 36.8 Å². The van der Waals surface area contributed by atoms with E-state index >= 15 is 0 Å². The lowest BCUT2D eigenvalue weighted by molar-refractivity contribution is 0.138. The molecule has 0 amide bonds. The molecule has 0 spiro atoms. The quantitative estimate of drug-likeness (QED) is 0.922. The Bertz CT molecular complexity index is 467. The zero-order chi connectivity index (χ0) is 13.6. The molecule has 1 unspecified atom stereocenters. The summed E-state index contributed by atoms with van der Waals surface area (Å²) >= 11 is 0. The molecule has 20 heavy (non-hydrogen) atoms. The van der Waals surface area contributed by atoms with Crippen molar-refractivity contribution in [1.82, 2.24) is 15.4 Å². The highest BCUT2D eigenvalue weighted by atomic mass is 15.5. The Morgan fingerprint density at radius 1 is 0.850 bits per heavy atom. The van der Waals surface area contributed by atoms with Crippen molar-refractivity contribution in [3.8, 4) is 0 Å². The number of hydrogen-bond acceptors (Lipinski definition) is 3. The topological polar surface area (TPSA) is 28.2 Å². The molecule has 1 N–H and O–H groups in total. The number of aromatic nitrogens is 1. The molecule has 2 heterocycles. The molecular formula is C17H21N3. The third-order valence-electron chi connectivity index (χ3n) is 3.84. The Morgan fingerprint density at radius 3 is 2.20 bits per heavy atom. The lowest BCUT2D eigenvalue weighted by Gasteiger charge is -2.32. The van der Waals surface area contributed by atoms with Gasteiger partial charge in [-0.15, -0.1) is 0 Å². The van der Waals surface area contributed by atoms with E-state index in [1.165, 1.54) is 30.4 Å². The second-order valence-corrected chi connectivity index (χ2v) is 5.30. The molecule has 0 saturated carbocycles. The van der Waals surface area contributed by atoms with E-state index in [0.717, 1.165) is 13.1 Å². The summed E-state index contributed by atoms with van der Waals surface area (Å²) in [5, 5.41) is 2.36. The number of nitrogens with one attached hydrogen (secondary N) is 1. The van der Waals surface area contributed by atoms with Gasteiger partial charge >= 0.3 is 0 Å². The summed E-state index contributed by atoms with van der Waals surface area (Å²) in [4.78, 5) is 4.13. The molecule has 0 bridgehead atoms. The van der Waals surface area contributed by atoms with E-state index in [1.807, 2.05) is 12.4 Å². The Morgan fingerprint density at radius 2 is 1.50 bits per heavy atom. The first-order valence-electron chi connectivity index (χ1n) is 7.39. The molecule has 0 radical (unpaired) electrons. The van der Waals surface area contributed by atoms with Crippen LogP contribution in [0.15, 0.2) is 54.9 Å². The van der Waals surface area contributed by atoms with Crippen molar-refractivity contribution in [2.45, 2.75) is 25.3 Å². The van der Waals surface area contributed by atoms with Crippen LogP contribution in [0.4, 0.5) is 0 Å². The second-order valence-electron chi connectivity index (χ2n) is 5.30. The number of hydrogen-bond donors (Lipinski definition) is 1. The van der Waals surface area contributed by atoms with Crippen molar-refractivity contribution in [1.29, 1.82) is 0 Å². The number of piperidine rings is 1. The molecule has 1 aromatic carbocycles. The maximum atomic E-state index is 4.13. The predicted molar refractivity (Wildman–Crippen MR) is 81.1 cm³/mol. The van der Waals surface area contributed by atoms with Crippen LogP contribution in [0.1, 0.15) is 36.4 Å². The molecular weight excluding hydrogens is 246 g/mol. The largest absolute Gasteiger partial charge is 0.265 e. The molecule has 3 rings (SSSR count). The van der Waals surface area contributed by atoms with Crippen molar-refractivity contribution < 1.29 is 0 Å². The lowest BCUT2D eigenvalue weighted by Crippen LogP contribution is -2.43. The summed E-state index contributed by atoms with van der Waals surface area (Å²) in [5.41, 5.74) is 6.25. The van der Waals surface area contributed by atoms with Crippen molar-refractivity contribution in [3.05, 3.63) is 66.0 Å². The van der Waals surface area contributed by atoms with Gasteiger partial charge in [-0.3, -0.25) is 4.98 Å². The van der Waals surface area contributed by atoms with Crippen molar-refractivity contribution in [3.63, 3.8) is 0 Å². The summed E-state index contributed by atoms with van der Waals surface area (Å²) in [6, 6.07) is 15.0. The van der Waals surface area contributed by atoms with Gasteiger partial charge in [0.05, 0.1) is 6.04 Å². The van der Waals surface area contributed by atoms with Crippen LogP contribution in [0.25, 0.3) is 0 Å². The van der Waals surface area contributed by atoms with Crippen molar-refractivity contribution in [2.24, 2.45) is 0 Å². The molecule has 1 atom stereocenters. The average Bonchev–Trinajstić information content (AvgIpc) is 2.55. The number of rotatable bonds is 4. The molecule has 2 aromatic rings. The fourth-order valence-corrected chi connectivity index (χ4v) is 2.75. The van der Waals surface area contributed by atoms with E-state index in [4.69, 9.17) is 0 Å². The third-order valence-corrected chi connectivity index (χ3v) is 3.84.